The van der Waals surface area contributed by atoms with E-state index in [1.54, 1.807) is 0 Å². The number of hydrogen-bond acceptors (Lipinski definition) is 5. The van der Waals surface area contributed by atoms with Crippen molar-refractivity contribution in [1.82, 2.24) is 15.2 Å². The molecule has 1 N–H and O–H groups in total. The molecule has 0 radical (unpaired) electrons. The highest BCUT2D eigenvalue weighted by atomic mass is 35.5. The van der Waals surface area contributed by atoms with Crippen LogP contribution in [0.3, 0.4) is 0 Å². The molecule has 4 heterocycles. The van der Waals surface area contributed by atoms with Crippen molar-refractivity contribution in [2.24, 2.45) is 5.41 Å². The number of hydrogen-bond donors (Lipinski definition) is 1. The van der Waals surface area contributed by atoms with Crippen molar-refractivity contribution in [1.29, 1.82) is 0 Å². The molecule has 4 rings (SSSR count). The maximum absolute atomic E-state index is 5.72. The summed E-state index contributed by atoms with van der Waals surface area (Å²) in [7, 11) is 0. The number of nitrogens with one attached hydrogen (secondary N) is 1. The molecule has 21 heavy (non-hydrogen) atoms. The van der Waals surface area contributed by atoms with Gasteiger partial charge in [0.25, 0.3) is 0 Å². The molecule has 1 aromatic heterocycles. The van der Waals surface area contributed by atoms with Gasteiger partial charge in [0.1, 0.15) is 11.1 Å². The third kappa shape index (κ3) is 3.27. The van der Waals surface area contributed by atoms with Crippen molar-refractivity contribution in [3.05, 3.63) is 16.1 Å². The van der Waals surface area contributed by atoms with Crippen LogP contribution in [0.5, 0.6) is 0 Å². The molecule has 1 aromatic rings. The average Bonchev–Trinajstić information content (AvgIpc) is 3.21. The zero-order chi connectivity index (χ0) is 13.4. The van der Waals surface area contributed by atoms with Crippen molar-refractivity contribution in [3.63, 3.8) is 0 Å². The Labute approximate surface area is 136 Å². The number of thiazole rings is 1. The number of halogens is 1. The zero-order valence-corrected chi connectivity index (χ0v) is 14.0. The second-order valence-corrected chi connectivity index (χ2v) is 7.70. The first-order chi connectivity index (χ1) is 9.83. The molecule has 118 valence electrons. The number of aromatic nitrogens is 1. The fourth-order valence-electron chi connectivity index (χ4n) is 3.84. The van der Waals surface area contributed by atoms with E-state index in [9.17, 15) is 0 Å². The van der Waals surface area contributed by atoms with Gasteiger partial charge in [0.05, 0.1) is 0 Å². The first kappa shape index (κ1) is 15.7. The fraction of sp³-hybridized carbons (Fsp3) is 0.800. The highest BCUT2D eigenvalue weighted by Gasteiger charge is 2.40. The van der Waals surface area contributed by atoms with Gasteiger partial charge in [0, 0.05) is 37.3 Å². The van der Waals surface area contributed by atoms with E-state index in [0.29, 0.717) is 5.41 Å². The van der Waals surface area contributed by atoms with E-state index in [1.807, 2.05) is 11.3 Å². The highest BCUT2D eigenvalue weighted by molar-refractivity contribution is 7.11. The van der Waals surface area contributed by atoms with Crippen LogP contribution < -0.4 is 5.32 Å². The number of nitrogens with zero attached hydrogens (tertiary/aromatic N) is 2. The molecule has 1 spiro atoms. The van der Waals surface area contributed by atoms with Crippen LogP contribution in [-0.4, -0.2) is 42.7 Å². The molecule has 2 atom stereocenters. The zero-order valence-electron chi connectivity index (χ0n) is 12.3. The molecule has 3 fully saturated rings. The van der Waals surface area contributed by atoms with E-state index < -0.39 is 0 Å². The maximum Gasteiger partial charge on any atom is 0.122 e. The van der Waals surface area contributed by atoms with Crippen molar-refractivity contribution in [3.8, 4) is 0 Å². The smallest absolute Gasteiger partial charge is 0.122 e. The van der Waals surface area contributed by atoms with Gasteiger partial charge in [-0.1, -0.05) is 0 Å². The van der Waals surface area contributed by atoms with Gasteiger partial charge in [-0.3, -0.25) is 4.90 Å². The molecule has 4 nitrogen and oxygen atoms in total. The van der Waals surface area contributed by atoms with Crippen molar-refractivity contribution in [2.45, 2.75) is 38.3 Å². The largest absolute Gasteiger partial charge is 0.371 e. The van der Waals surface area contributed by atoms with Crippen molar-refractivity contribution < 1.29 is 4.74 Å². The molecule has 0 amide bonds. The molecule has 0 saturated carbocycles. The summed E-state index contributed by atoms with van der Waals surface area (Å²) in [6.45, 7) is 6.90. The lowest BCUT2D eigenvalue weighted by Crippen LogP contribution is -2.28. The summed E-state index contributed by atoms with van der Waals surface area (Å²) < 4.78 is 5.72. The standard InChI is InChI=1S/C15H23N3OS.ClH/c1-2-13(19-7-1)14-17-8-12(20-14)9-18-6-4-15(11-18)3-5-16-10-15;/h8,13,16H,1-7,9-11H2;1H. The average molecular weight is 330 g/mol. The Morgan fingerprint density at radius 2 is 2.43 bits per heavy atom. The van der Waals surface area contributed by atoms with E-state index in [4.69, 9.17) is 4.74 Å². The second-order valence-electron chi connectivity index (χ2n) is 6.55. The van der Waals surface area contributed by atoms with Crippen LogP contribution in [0.4, 0.5) is 0 Å². The van der Waals surface area contributed by atoms with Gasteiger partial charge in [-0.15, -0.1) is 23.7 Å². The van der Waals surface area contributed by atoms with Gasteiger partial charge in [-0.25, -0.2) is 4.98 Å². The lowest BCUT2D eigenvalue weighted by Gasteiger charge is -2.22. The SMILES string of the molecule is Cl.c1nc(C2CCCO2)sc1CN1CCC2(CCNC2)C1. The van der Waals surface area contributed by atoms with Crippen LogP contribution in [0.25, 0.3) is 0 Å². The number of ether oxygens (including phenoxy) is 1. The van der Waals surface area contributed by atoms with Gasteiger partial charge in [0.15, 0.2) is 0 Å². The molecule has 0 aliphatic carbocycles. The monoisotopic (exact) mass is 329 g/mol. The van der Waals surface area contributed by atoms with Crippen LogP contribution in [0.1, 0.15) is 41.7 Å². The molecule has 3 aliphatic rings. The lowest BCUT2D eigenvalue weighted by atomic mass is 9.87. The highest BCUT2D eigenvalue weighted by Crippen LogP contribution is 2.37. The van der Waals surface area contributed by atoms with Gasteiger partial charge >= 0.3 is 0 Å². The predicted octanol–water partition coefficient (Wildman–Crippen LogP) is 2.60. The minimum atomic E-state index is 0. The molecule has 3 saturated heterocycles. The van der Waals surface area contributed by atoms with Gasteiger partial charge in [-0.2, -0.15) is 0 Å². The van der Waals surface area contributed by atoms with Gasteiger partial charge in [-0.05, 0) is 44.2 Å². The molecule has 3 aliphatic heterocycles. The Morgan fingerprint density at radius 1 is 1.48 bits per heavy atom. The van der Waals surface area contributed by atoms with E-state index in [0.717, 1.165) is 19.6 Å². The summed E-state index contributed by atoms with van der Waals surface area (Å²) in [5.74, 6) is 0. The van der Waals surface area contributed by atoms with Crippen LogP contribution in [0.2, 0.25) is 0 Å². The summed E-state index contributed by atoms with van der Waals surface area (Å²) in [6.07, 6.45) is 7.38. The predicted molar refractivity (Wildman–Crippen MR) is 87.1 cm³/mol. The van der Waals surface area contributed by atoms with E-state index >= 15 is 0 Å². The summed E-state index contributed by atoms with van der Waals surface area (Å²) in [4.78, 5) is 8.60. The molecular formula is C15H24ClN3OS. The Bertz CT molecular complexity index is 469. The Hall–Kier alpha value is -0.200. The summed E-state index contributed by atoms with van der Waals surface area (Å²) in [5.41, 5.74) is 0.572. The first-order valence-corrected chi connectivity index (χ1v) is 8.64. The van der Waals surface area contributed by atoms with Crippen LogP contribution in [0, 0.1) is 5.41 Å². The minimum absolute atomic E-state index is 0. The topological polar surface area (TPSA) is 37.4 Å². The third-order valence-corrected chi connectivity index (χ3v) is 6.08. The van der Waals surface area contributed by atoms with Gasteiger partial charge < -0.3 is 10.1 Å². The summed E-state index contributed by atoms with van der Waals surface area (Å²) in [6, 6.07) is 0. The van der Waals surface area contributed by atoms with Crippen LogP contribution in [-0.2, 0) is 11.3 Å². The Balaban J connectivity index is 0.00000132. The van der Waals surface area contributed by atoms with Crippen molar-refractivity contribution >= 4 is 23.7 Å². The van der Waals surface area contributed by atoms with Crippen LogP contribution in [0.15, 0.2) is 6.20 Å². The first-order valence-electron chi connectivity index (χ1n) is 7.82. The molecule has 0 aromatic carbocycles. The maximum atomic E-state index is 5.72. The molecule has 0 bridgehead atoms. The third-order valence-electron chi connectivity index (χ3n) is 5.01. The molecule has 6 heteroatoms. The van der Waals surface area contributed by atoms with E-state index in [1.165, 1.54) is 55.3 Å². The Morgan fingerprint density at radius 3 is 3.19 bits per heavy atom. The quantitative estimate of drug-likeness (QED) is 0.925. The van der Waals surface area contributed by atoms with Crippen molar-refractivity contribution in [2.75, 3.05) is 32.8 Å². The summed E-state index contributed by atoms with van der Waals surface area (Å²) in [5, 5.41) is 4.72. The lowest BCUT2D eigenvalue weighted by molar-refractivity contribution is 0.111. The molecule has 2 unspecified atom stereocenters. The second kappa shape index (κ2) is 6.50. The number of rotatable bonds is 3. The minimum Gasteiger partial charge on any atom is -0.371 e. The van der Waals surface area contributed by atoms with E-state index in [2.05, 4.69) is 21.4 Å². The van der Waals surface area contributed by atoms with Gasteiger partial charge in [0.2, 0.25) is 0 Å². The number of likely N-dealkylation sites (tertiary alicyclic amines) is 1. The molecular weight excluding hydrogens is 306 g/mol. The Kier molecular flexibility index (Phi) is 4.86. The van der Waals surface area contributed by atoms with Crippen LogP contribution >= 0.6 is 23.7 Å². The van der Waals surface area contributed by atoms with E-state index in [-0.39, 0.29) is 18.5 Å². The summed E-state index contributed by atoms with van der Waals surface area (Å²) >= 11 is 1.85. The normalized spacial score (nSPS) is 32.9. The fourth-order valence-corrected chi connectivity index (χ4v) is 4.89.